The molecule has 40 heavy (non-hydrogen) atoms. The zero-order valence-electron chi connectivity index (χ0n) is 23.1. The number of carbonyl (C=O) groups is 2. The molecule has 1 unspecified atom stereocenters. The molecular weight excluding hydrogens is 569 g/mol. The minimum absolute atomic E-state index is 0.0782. The predicted octanol–water partition coefficient (Wildman–Crippen LogP) is 5.48. The lowest BCUT2D eigenvalue weighted by molar-refractivity contribution is -0.140. The fourth-order valence-corrected chi connectivity index (χ4v) is 5.26. The molecule has 10 heteroatoms. The van der Waals surface area contributed by atoms with Gasteiger partial charge in [-0.1, -0.05) is 85.6 Å². The average molecular weight is 605 g/mol. The van der Waals surface area contributed by atoms with Gasteiger partial charge in [0, 0.05) is 29.6 Å². The minimum atomic E-state index is -3.87. The second kappa shape index (κ2) is 14.0. The molecule has 0 saturated heterocycles. The van der Waals surface area contributed by atoms with Crippen molar-refractivity contribution in [3.05, 3.63) is 99.5 Å². The first-order valence-electron chi connectivity index (χ1n) is 12.9. The number of aryl methyl sites for hydroxylation is 1. The zero-order valence-corrected chi connectivity index (χ0v) is 25.4. The van der Waals surface area contributed by atoms with Crippen LogP contribution < -0.4 is 9.62 Å². The topological polar surface area (TPSA) is 86.8 Å². The lowest BCUT2D eigenvalue weighted by Gasteiger charge is -2.33. The van der Waals surface area contributed by atoms with Crippen molar-refractivity contribution >= 4 is 50.7 Å². The molecule has 3 aromatic carbocycles. The molecule has 214 valence electrons. The third-order valence-corrected chi connectivity index (χ3v) is 8.14. The van der Waals surface area contributed by atoms with E-state index < -0.39 is 28.5 Å². The molecule has 2 amide bonds. The summed E-state index contributed by atoms with van der Waals surface area (Å²) in [6.07, 6.45) is 1.29. The Kier molecular flexibility index (Phi) is 11.0. The van der Waals surface area contributed by atoms with Gasteiger partial charge in [-0.3, -0.25) is 13.9 Å². The summed E-state index contributed by atoms with van der Waals surface area (Å²) in [5.41, 5.74) is 2.66. The van der Waals surface area contributed by atoms with Gasteiger partial charge in [-0.2, -0.15) is 0 Å². The molecule has 1 atom stereocenters. The van der Waals surface area contributed by atoms with E-state index in [1.807, 2.05) is 44.2 Å². The van der Waals surface area contributed by atoms with Gasteiger partial charge < -0.3 is 10.2 Å². The highest BCUT2D eigenvalue weighted by Gasteiger charge is 2.33. The molecule has 0 saturated carbocycles. The van der Waals surface area contributed by atoms with Crippen LogP contribution in [0.2, 0.25) is 10.0 Å². The van der Waals surface area contributed by atoms with Crippen molar-refractivity contribution in [3.63, 3.8) is 0 Å². The monoisotopic (exact) mass is 603 g/mol. The van der Waals surface area contributed by atoms with Gasteiger partial charge in [-0.15, -0.1) is 0 Å². The lowest BCUT2D eigenvalue weighted by atomic mass is 10.0. The number of carbonyl (C=O) groups excluding carboxylic acids is 2. The number of sulfonamides is 1. The molecule has 7 nitrogen and oxygen atoms in total. The molecule has 0 fully saturated rings. The number of nitrogens with one attached hydrogen (secondary N) is 1. The van der Waals surface area contributed by atoms with Gasteiger partial charge in [-0.25, -0.2) is 8.42 Å². The summed E-state index contributed by atoms with van der Waals surface area (Å²) in [5, 5.41) is 3.88. The van der Waals surface area contributed by atoms with Crippen molar-refractivity contribution in [1.82, 2.24) is 10.2 Å². The minimum Gasteiger partial charge on any atom is -0.354 e. The molecule has 3 rings (SSSR count). The Hall–Kier alpha value is -3.07. The first-order valence-corrected chi connectivity index (χ1v) is 15.5. The summed E-state index contributed by atoms with van der Waals surface area (Å²) in [7, 11) is -3.87. The molecule has 3 aromatic rings. The molecule has 0 aliphatic rings. The van der Waals surface area contributed by atoms with Crippen molar-refractivity contribution < 1.29 is 18.0 Å². The van der Waals surface area contributed by atoms with E-state index >= 15 is 0 Å². The van der Waals surface area contributed by atoms with Gasteiger partial charge in [0.05, 0.1) is 11.9 Å². The summed E-state index contributed by atoms with van der Waals surface area (Å²) in [6, 6.07) is 20.3. The van der Waals surface area contributed by atoms with Crippen molar-refractivity contribution in [2.45, 2.75) is 39.8 Å². The van der Waals surface area contributed by atoms with Crippen molar-refractivity contribution in [3.8, 4) is 0 Å². The molecule has 0 aromatic heterocycles. The predicted molar refractivity (Wildman–Crippen MR) is 162 cm³/mol. The van der Waals surface area contributed by atoms with Crippen LogP contribution in [0.1, 0.15) is 30.5 Å². The maximum absolute atomic E-state index is 14.1. The maximum Gasteiger partial charge on any atom is 0.244 e. The Balaban J connectivity index is 2.05. The quantitative estimate of drug-likeness (QED) is 0.297. The van der Waals surface area contributed by atoms with Crippen LogP contribution in [-0.2, 0) is 32.6 Å². The largest absolute Gasteiger partial charge is 0.354 e. The standard InChI is InChI=1S/C30H35Cl2N3O4S/c1-21(2)18-33-30(37)28(16-23-8-6-5-7-9-23)34(19-24-11-13-25(31)14-12-24)29(36)20-35(40(4,38)39)26-15-10-22(3)27(32)17-26/h5-15,17,21,28H,16,18-20H2,1-4H3,(H,33,37). The summed E-state index contributed by atoms with van der Waals surface area (Å²) >= 11 is 12.4. The van der Waals surface area contributed by atoms with E-state index in [2.05, 4.69) is 5.32 Å². The van der Waals surface area contributed by atoms with Gasteiger partial charge >= 0.3 is 0 Å². The number of halogens is 2. The van der Waals surface area contributed by atoms with Gasteiger partial charge in [0.15, 0.2) is 0 Å². The van der Waals surface area contributed by atoms with Crippen molar-refractivity contribution in [2.24, 2.45) is 5.92 Å². The Bertz CT molecular complexity index is 1410. The van der Waals surface area contributed by atoms with Crippen LogP contribution in [0.25, 0.3) is 0 Å². The summed E-state index contributed by atoms with van der Waals surface area (Å²) < 4.78 is 26.8. The Morgan fingerprint density at radius 2 is 1.57 bits per heavy atom. The summed E-state index contributed by atoms with van der Waals surface area (Å²) in [6.45, 7) is 5.79. The first kappa shape index (κ1) is 31.5. The highest BCUT2D eigenvalue weighted by Crippen LogP contribution is 2.26. The normalized spacial score (nSPS) is 12.2. The molecule has 0 bridgehead atoms. The van der Waals surface area contributed by atoms with Gasteiger partial charge in [-0.05, 0) is 53.8 Å². The molecule has 1 N–H and O–H groups in total. The SMILES string of the molecule is Cc1ccc(N(CC(=O)N(Cc2ccc(Cl)cc2)C(Cc2ccccc2)C(=O)NCC(C)C)S(C)(=O)=O)cc1Cl. The maximum atomic E-state index is 14.1. The molecule has 0 radical (unpaired) electrons. The second-order valence-electron chi connectivity index (χ2n) is 10.2. The lowest BCUT2D eigenvalue weighted by Crippen LogP contribution is -2.53. The first-order chi connectivity index (χ1) is 18.8. The Morgan fingerprint density at radius 1 is 0.925 bits per heavy atom. The molecule has 0 heterocycles. The highest BCUT2D eigenvalue weighted by atomic mass is 35.5. The van der Waals surface area contributed by atoms with E-state index in [0.29, 0.717) is 16.6 Å². The Morgan fingerprint density at radius 3 is 2.15 bits per heavy atom. The van der Waals surface area contributed by atoms with E-state index in [0.717, 1.165) is 27.3 Å². The van der Waals surface area contributed by atoms with Crippen LogP contribution in [0.3, 0.4) is 0 Å². The number of hydrogen-bond donors (Lipinski definition) is 1. The molecule has 0 aliphatic carbocycles. The second-order valence-corrected chi connectivity index (χ2v) is 12.9. The molecule has 0 aliphatic heterocycles. The van der Waals surface area contributed by atoms with Crippen molar-refractivity contribution in [1.29, 1.82) is 0 Å². The van der Waals surface area contributed by atoms with Crippen LogP contribution in [0, 0.1) is 12.8 Å². The van der Waals surface area contributed by atoms with E-state index in [1.54, 1.807) is 43.3 Å². The number of nitrogens with zero attached hydrogens (tertiary/aromatic N) is 2. The number of rotatable bonds is 12. The van der Waals surface area contributed by atoms with Crippen LogP contribution in [0.4, 0.5) is 5.69 Å². The van der Waals surface area contributed by atoms with Gasteiger partial charge in [0.1, 0.15) is 12.6 Å². The summed E-state index contributed by atoms with van der Waals surface area (Å²) in [5.74, 6) is -0.643. The third-order valence-electron chi connectivity index (χ3n) is 6.34. The number of anilines is 1. The zero-order chi connectivity index (χ0) is 29.4. The fourth-order valence-electron chi connectivity index (χ4n) is 4.11. The average Bonchev–Trinajstić information content (AvgIpc) is 2.90. The van der Waals surface area contributed by atoms with E-state index in [4.69, 9.17) is 23.2 Å². The number of hydrogen-bond acceptors (Lipinski definition) is 4. The number of amides is 2. The molecule has 0 spiro atoms. The van der Waals surface area contributed by atoms with E-state index in [9.17, 15) is 18.0 Å². The Labute approximate surface area is 247 Å². The van der Waals surface area contributed by atoms with Crippen LogP contribution in [0.5, 0.6) is 0 Å². The van der Waals surface area contributed by atoms with E-state index in [-0.39, 0.29) is 30.5 Å². The van der Waals surface area contributed by atoms with Gasteiger partial charge in [0.25, 0.3) is 0 Å². The fraction of sp³-hybridized carbons (Fsp3) is 0.333. The summed E-state index contributed by atoms with van der Waals surface area (Å²) in [4.78, 5) is 29.1. The third kappa shape index (κ3) is 8.98. The highest BCUT2D eigenvalue weighted by molar-refractivity contribution is 7.92. The smallest absolute Gasteiger partial charge is 0.244 e. The van der Waals surface area contributed by atoms with Crippen molar-refractivity contribution in [2.75, 3.05) is 23.7 Å². The van der Waals surface area contributed by atoms with Crippen LogP contribution >= 0.6 is 23.2 Å². The van der Waals surface area contributed by atoms with Crippen LogP contribution in [-0.4, -0.2) is 50.5 Å². The van der Waals surface area contributed by atoms with Crippen LogP contribution in [0.15, 0.2) is 72.8 Å². The molecular formula is C30H35Cl2N3O4S. The van der Waals surface area contributed by atoms with Gasteiger partial charge in [0.2, 0.25) is 21.8 Å². The van der Waals surface area contributed by atoms with E-state index in [1.165, 1.54) is 11.0 Å². The number of benzene rings is 3.